The van der Waals surface area contributed by atoms with Gasteiger partial charge in [-0.25, -0.2) is 0 Å². The van der Waals surface area contributed by atoms with E-state index in [9.17, 15) is 0 Å². The third-order valence-corrected chi connectivity index (χ3v) is 3.94. The van der Waals surface area contributed by atoms with Crippen molar-refractivity contribution in [3.63, 3.8) is 0 Å². The maximum atomic E-state index is 6.31. The van der Waals surface area contributed by atoms with Crippen LogP contribution in [0.3, 0.4) is 0 Å². The van der Waals surface area contributed by atoms with Gasteiger partial charge in [0.2, 0.25) is 0 Å². The van der Waals surface area contributed by atoms with E-state index in [4.69, 9.17) is 23.2 Å². The Balaban J connectivity index is 2.45. The number of nitrogens with one attached hydrogen (secondary N) is 1. The Morgan fingerprint density at radius 3 is 2.58 bits per heavy atom. The van der Waals surface area contributed by atoms with Crippen LogP contribution in [0.4, 0.5) is 0 Å². The number of halogens is 2. The summed E-state index contributed by atoms with van der Waals surface area (Å²) in [5.41, 5.74) is 4.58. The van der Waals surface area contributed by atoms with E-state index >= 15 is 0 Å². The lowest BCUT2D eigenvalue weighted by Crippen LogP contribution is -2.11. The second-order valence-electron chi connectivity index (χ2n) is 4.53. The van der Waals surface area contributed by atoms with E-state index in [1.54, 1.807) is 0 Å². The first-order valence-electron chi connectivity index (χ1n) is 6.38. The van der Waals surface area contributed by atoms with E-state index in [-0.39, 0.29) is 0 Å². The van der Waals surface area contributed by atoms with Gasteiger partial charge in [0.15, 0.2) is 0 Å². The lowest BCUT2D eigenvalue weighted by molar-refractivity contribution is 0.727. The summed E-state index contributed by atoms with van der Waals surface area (Å²) >= 11 is 12.4. The monoisotopic (exact) mass is 293 g/mol. The Hall–Kier alpha value is -1.02. The van der Waals surface area contributed by atoms with Crippen LogP contribution < -0.4 is 5.32 Å². The molecule has 0 saturated carbocycles. The number of hydrogen-bond donors (Lipinski definition) is 1. The number of benzene rings is 2. The van der Waals surface area contributed by atoms with Crippen LogP contribution in [0.15, 0.2) is 36.4 Å². The predicted molar refractivity (Wildman–Crippen MR) is 84.0 cm³/mol. The molecule has 100 valence electrons. The molecule has 2 aromatic rings. The summed E-state index contributed by atoms with van der Waals surface area (Å²) in [4.78, 5) is 0. The highest BCUT2D eigenvalue weighted by molar-refractivity contribution is 6.43. The molecule has 0 aliphatic heterocycles. The molecule has 2 aromatic carbocycles. The van der Waals surface area contributed by atoms with Crippen LogP contribution in [0.5, 0.6) is 0 Å². The summed E-state index contributed by atoms with van der Waals surface area (Å²) in [5, 5.41) is 4.54. The molecule has 0 saturated heterocycles. The van der Waals surface area contributed by atoms with Crippen LogP contribution in [0.1, 0.15) is 18.1 Å². The van der Waals surface area contributed by atoms with Gasteiger partial charge in [-0.2, -0.15) is 0 Å². The van der Waals surface area contributed by atoms with Crippen LogP contribution >= 0.6 is 23.2 Å². The molecule has 19 heavy (non-hydrogen) atoms. The van der Waals surface area contributed by atoms with E-state index in [1.165, 1.54) is 11.1 Å². The second-order valence-corrected chi connectivity index (χ2v) is 5.32. The van der Waals surface area contributed by atoms with Gasteiger partial charge in [0.1, 0.15) is 0 Å². The topological polar surface area (TPSA) is 12.0 Å². The second kappa shape index (κ2) is 6.42. The molecule has 2 rings (SSSR count). The van der Waals surface area contributed by atoms with Crippen molar-refractivity contribution in [1.29, 1.82) is 0 Å². The van der Waals surface area contributed by atoms with Gasteiger partial charge in [-0.05, 0) is 42.3 Å². The smallest absolute Gasteiger partial charge is 0.0670 e. The highest BCUT2D eigenvalue weighted by atomic mass is 35.5. The molecule has 0 aliphatic carbocycles. The van der Waals surface area contributed by atoms with E-state index in [0.717, 1.165) is 24.2 Å². The summed E-state index contributed by atoms with van der Waals surface area (Å²) in [5.74, 6) is 0. The average Bonchev–Trinajstić information content (AvgIpc) is 2.41. The van der Waals surface area contributed by atoms with Crippen LogP contribution in [0.2, 0.25) is 10.0 Å². The van der Waals surface area contributed by atoms with Gasteiger partial charge in [-0.15, -0.1) is 0 Å². The standard InChI is InChI=1S/C16H17Cl2N/c1-3-19-10-12-8-7-11(2)14(9-12)13-5-4-6-15(17)16(13)18/h4-9,19H,3,10H2,1-2H3. The quantitative estimate of drug-likeness (QED) is 0.829. The normalized spacial score (nSPS) is 10.7. The molecule has 0 radical (unpaired) electrons. The van der Waals surface area contributed by atoms with Crippen molar-refractivity contribution in [1.82, 2.24) is 5.32 Å². The van der Waals surface area contributed by atoms with Crippen LogP contribution in [0.25, 0.3) is 11.1 Å². The number of rotatable bonds is 4. The van der Waals surface area contributed by atoms with Crippen LogP contribution in [0, 0.1) is 6.92 Å². The Bertz CT molecular complexity index is 579. The Kier molecular flexibility index (Phi) is 4.87. The van der Waals surface area contributed by atoms with E-state index in [0.29, 0.717) is 10.0 Å². The highest BCUT2D eigenvalue weighted by Gasteiger charge is 2.09. The minimum atomic E-state index is 0.593. The summed E-state index contributed by atoms with van der Waals surface area (Å²) in [6, 6.07) is 12.2. The van der Waals surface area contributed by atoms with E-state index < -0.39 is 0 Å². The van der Waals surface area contributed by atoms with Gasteiger partial charge in [-0.1, -0.05) is 54.4 Å². The molecule has 0 atom stereocenters. The minimum absolute atomic E-state index is 0.593. The molecule has 0 spiro atoms. The summed E-state index contributed by atoms with van der Waals surface area (Å²) in [7, 11) is 0. The van der Waals surface area contributed by atoms with Crippen molar-refractivity contribution in [2.75, 3.05) is 6.54 Å². The molecule has 0 heterocycles. The largest absolute Gasteiger partial charge is 0.313 e. The maximum absolute atomic E-state index is 6.31. The fourth-order valence-corrected chi connectivity index (χ4v) is 2.45. The maximum Gasteiger partial charge on any atom is 0.0670 e. The molecule has 0 aromatic heterocycles. The zero-order valence-electron chi connectivity index (χ0n) is 11.1. The molecule has 1 N–H and O–H groups in total. The molecular formula is C16H17Cl2N. The van der Waals surface area contributed by atoms with Crippen molar-refractivity contribution in [3.8, 4) is 11.1 Å². The molecule has 0 amide bonds. The Morgan fingerprint density at radius 1 is 1.05 bits per heavy atom. The average molecular weight is 294 g/mol. The molecule has 1 nitrogen and oxygen atoms in total. The van der Waals surface area contributed by atoms with Gasteiger partial charge in [0, 0.05) is 12.1 Å². The summed E-state index contributed by atoms with van der Waals surface area (Å²) in [6.07, 6.45) is 0. The third-order valence-electron chi connectivity index (χ3n) is 3.12. The van der Waals surface area contributed by atoms with Gasteiger partial charge in [0.05, 0.1) is 10.0 Å². The Morgan fingerprint density at radius 2 is 1.84 bits per heavy atom. The molecule has 0 bridgehead atoms. The van der Waals surface area contributed by atoms with Crippen molar-refractivity contribution in [2.45, 2.75) is 20.4 Å². The van der Waals surface area contributed by atoms with Gasteiger partial charge in [-0.3, -0.25) is 0 Å². The zero-order valence-corrected chi connectivity index (χ0v) is 12.6. The first-order chi connectivity index (χ1) is 9.13. The lowest BCUT2D eigenvalue weighted by atomic mass is 9.98. The highest BCUT2D eigenvalue weighted by Crippen LogP contribution is 2.35. The SMILES string of the molecule is CCNCc1ccc(C)c(-c2cccc(Cl)c2Cl)c1. The van der Waals surface area contributed by atoms with Crippen molar-refractivity contribution in [3.05, 3.63) is 57.6 Å². The molecular weight excluding hydrogens is 277 g/mol. The van der Waals surface area contributed by atoms with Crippen LogP contribution in [-0.4, -0.2) is 6.54 Å². The first kappa shape index (κ1) is 14.4. The molecule has 3 heteroatoms. The van der Waals surface area contributed by atoms with Crippen molar-refractivity contribution < 1.29 is 0 Å². The predicted octanol–water partition coefficient (Wildman–Crippen LogP) is 5.08. The van der Waals surface area contributed by atoms with E-state index in [2.05, 4.69) is 37.4 Å². The first-order valence-corrected chi connectivity index (χ1v) is 7.13. The molecule has 0 fully saturated rings. The number of aryl methyl sites for hydroxylation is 1. The fraction of sp³-hybridized carbons (Fsp3) is 0.250. The Labute approximate surface area is 124 Å². The van der Waals surface area contributed by atoms with Gasteiger partial charge in [0.25, 0.3) is 0 Å². The summed E-state index contributed by atoms with van der Waals surface area (Å²) in [6.45, 7) is 6.01. The summed E-state index contributed by atoms with van der Waals surface area (Å²) < 4.78 is 0. The number of hydrogen-bond acceptors (Lipinski definition) is 1. The molecule has 0 unspecified atom stereocenters. The third kappa shape index (κ3) is 3.30. The zero-order chi connectivity index (χ0) is 13.8. The van der Waals surface area contributed by atoms with Crippen molar-refractivity contribution in [2.24, 2.45) is 0 Å². The fourth-order valence-electron chi connectivity index (χ4n) is 2.05. The minimum Gasteiger partial charge on any atom is -0.313 e. The van der Waals surface area contributed by atoms with Crippen molar-refractivity contribution >= 4 is 23.2 Å². The van der Waals surface area contributed by atoms with Gasteiger partial charge < -0.3 is 5.32 Å². The molecule has 0 aliphatic rings. The van der Waals surface area contributed by atoms with E-state index in [1.807, 2.05) is 18.2 Å². The lowest BCUT2D eigenvalue weighted by Gasteiger charge is -2.12. The van der Waals surface area contributed by atoms with Crippen LogP contribution in [-0.2, 0) is 6.54 Å². The van der Waals surface area contributed by atoms with Gasteiger partial charge >= 0.3 is 0 Å².